The molecule has 0 spiro atoms. The molecule has 0 saturated carbocycles. The third-order valence-electron chi connectivity index (χ3n) is 6.87. The van der Waals surface area contributed by atoms with Gasteiger partial charge in [-0.2, -0.15) is 0 Å². The maximum atomic E-state index is 14.1. The first-order valence-corrected chi connectivity index (χ1v) is 15.3. The summed E-state index contributed by atoms with van der Waals surface area (Å²) >= 11 is 0. The Kier molecular flexibility index (Phi) is 10.9. The zero-order chi connectivity index (χ0) is 30.2. The number of sulfonamides is 1. The molecule has 0 aliphatic carbocycles. The molecule has 0 bridgehead atoms. The van der Waals surface area contributed by atoms with Crippen LogP contribution in [0.1, 0.15) is 48.9 Å². The van der Waals surface area contributed by atoms with Gasteiger partial charge in [0.1, 0.15) is 18.3 Å². The predicted octanol–water partition coefficient (Wildman–Crippen LogP) is 5.15. The number of nitrogens with one attached hydrogen (secondary N) is 1. The topological polar surface area (TPSA) is 96.0 Å². The molecule has 3 rings (SSSR count). The number of carbonyl (C=O) groups excluding carboxylic acids is 2. The third-order valence-corrected chi connectivity index (χ3v) is 8.65. The molecule has 3 aromatic carbocycles. The number of unbranched alkanes of at least 4 members (excludes halogenated alkanes) is 1. The van der Waals surface area contributed by atoms with E-state index in [9.17, 15) is 18.0 Å². The molecular formula is C32H41N3O5S. The highest BCUT2D eigenvalue weighted by Gasteiger charge is 2.32. The number of anilines is 1. The number of benzene rings is 3. The maximum Gasteiger partial charge on any atom is 0.264 e. The second kappa shape index (κ2) is 14.2. The standard InChI is InChI=1S/C32H41N3O5S/c1-7-8-16-33-32(37)26(5)34(21-27-10-9-11-29(20-27)40-6)31(36)22-35(28-18-24(3)17-25(4)19-28)41(38,39)30-14-12-23(2)13-15-30/h9-15,17-20,26H,7-8,16,21-22H2,1-6H3,(H,33,37)/t26-/m0/s1. The Labute approximate surface area is 244 Å². The average Bonchev–Trinajstić information content (AvgIpc) is 2.93. The molecule has 8 nitrogen and oxygen atoms in total. The monoisotopic (exact) mass is 579 g/mol. The first-order chi connectivity index (χ1) is 19.5. The van der Waals surface area contributed by atoms with Gasteiger partial charge in [-0.3, -0.25) is 13.9 Å². The second-order valence-electron chi connectivity index (χ2n) is 10.4. The molecule has 0 fully saturated rings. The SMILES string of the molecule is CCCCNC(=O)[C@H](C)N(Cc1cccc(OC)c1)C(=O)CN(c1cc(C)cc(C)c1)S(=O)(=O)c1ccc(C)cc1. The largest absolute Gasteiger partial charge is 0.497 e. The molecule has 0 heterocycles. The molecule has 0 unspecified atom stereocenters. The van der Waals surface area contributed by atoms with Crippen molar-refractivity contribution in [2.75, 3.05) is 24.5 Å². The van der Waals surface area contributed by atoms with Crippen molar-refractivity contribution in [3.8, 4) is 5.75 Å². The van der Waals surface area contributed by atoms with Gasteiger partial charge in [-0.15, -0.1) is 0 Å². The van der Waals surface area contributed by atoms with Crippen LogP contribution in [0.3, 0.4) is 0 Å². The Balaban J connectivity index is 2.04. The van der Waals surface area contributed by atoms with Gasteiger partial charge >= 0.3 is 0 Å². The molecule has 0 saturated heterocycles. The molecule has 0 aromatic heterocycles. The van der Waals surface area contributed by atoms with Crippen LogP contribution in [-0.4, -0.2) is 51.4 Å². The summed E-state index contributed by atoms with van der Waals surface area (Å²) in [6, 6.07) is 18.4. The molecule has 1 N–H and O–H groups in total. The average molecular weight is 580 g/mol. The number of amides is 2. The smallest absolute Gasteiger partial charge is 0.264 e. The van der Waals surface area contributed by atoms with Crippen LogP contribution in [0.2, 0.25) is 0 Å². The van der Waals surface area contributed by atoms with Crippen molar-refractivity contribution in [3.63, 3.8) is 0 Å². The van der Waals surface area contributed by atoms with Crippen molar-refractivity contribution in [2.24, 2.45) is 0 Å². The Hall–Kier alpha value is -3.85. The lowest BCUT2D eigenvalue weighted by Gasteiger charge is -2.32. The number of methoxy groups -OCH3 is 1. The van der Waals surface area contributed by atoms with E-state index in [0.29, 0.717) is 18.0 Å². The molecule has 3 aromatic rings. The number of ether oxygens (including phenoxy) is 1. The van der Waals surface area contributed by atoms with Gasteiger partial charge in [0.15, 0.2) is 0 Å². The molecule has 2 amide bonds. The number of nitrogens with zero attached hydrogens (tertiary/aromatic N) is 2. The zero-order valence-corrected chi connectivity index (χ0v) is 25.6. The van der Waals surface area contributed by atoms with E-state index in [0.717, 1.165) is 39.4 Å². The van der Waals surface area contributed by atoms with Crippen LogP contribution in [0.4, 0.5) is 5.69 Å². The normalized spacial score (nSPS) is 12.0. The van der Waals surface area contributed by atoms with E-state index < -0.39 is 28.5 Å². The zero-order valence-electron chi connectivity index (χ0n) is 24.8. The van der Waals surface area contributed by atoms with Gasteiger partial charge in [-0.05, 0) is 87.2 Å². The highest BCUT2D eigenvalue weighted by atomic mass is 32.2. The van der Waals surface area contributed by atoms with Crippen molar-refractivity contribution in [3.05, 3.63) is 89.0 Å². The van der Waals surface area contributed by atoms with Crippen LogP contribution in [0.5, 0.6) is 5.75 Å². The van der Waals surface area contributed by atoms with Crippen molar-refractivity contribution in [1.29, 1.82) is 0 Å². The van der Waals surface area contributed by atoms with Crippen molar-refractivity contribution < 1.29 is 22.7 Å². The van der Waals surface area contributed by atoms with Gasteiger partial charge in [0, 0.05) is 13.1 Å². The molecule has 9 heteroatoms. The number of hydrogen-bond acceptors (Lipinski definition) is 5. The summed E-state index contributed by atoms with van der Waals surface area (Å²) in [5, 5.41) is 2.90. The van der Waals surface area contributed by atoms with E-state index in [-0.39, 0.29) is 17.3 Å². The first-order valence-electron chi connectivity index (χ1n) is 13.8. The fraction of sp³-hybridized carbons (Fsp3) is 0.375. The summed E-state index contributed by atoms with van der Waals surface area (Å²) in [5.41, 5.74) is 3.80. The third kappa shape index (κ3) is 8.33. The van der Waals surface area contributed by atoms with Crippen molar-refractivity contribution >= 4 is 27.5 Å². The number of hydrogen-bond donors (Lipinski definition) is 1. The van der Waals surface area contributed by atoms with E-state index in [2.05, 4.69) is 5.32 Å². The molecule has 220 valence electrons. The van der Waals surface area contributed by atoms with Crippen LogP contribution in [-0.2, 0) is 26.2 Å². The Bertz CT molecular complexity index is 1430. The summed E-state index contributed by atoms with van der Waals surface area (Å²) in [6.07, 6.45) is 1.74. The lowest BCUT2D eigenvalue weighted by Crippen LogP contribution is -2.51. The van der Waals surface area contributed by atoms with E-state index in [1.807, 2.05) is 45.9 Å². The fourth-order valence-corrected chi connectivity index (χ4v) is 5.94. The van der Waals surface area contributed by atoms with Gasteiger partial charge < -0.3 is 15.0 Å². The van der Waals surface area contributed by atoms with E-state index in [1.165, 1.54) is 4.90 Å². The maximum absolute atomic E-state index is 14.1. The number of carbonyl (C=O) groups is 2. The molecular weight excluding hydrogens is 538 g/mol. The van der Waals surface area contributed by atoms with Gasteiger partial charge in [0.25, 0.3) is 10.0 Å². The number of aryl methyl sites for hydroxylation is 3. The van der Waals surface area contributed by atoms with Gasteiger partial charge in [0.2, 0.25) is 11.8 Å². The van der Waals surface area contributed by atoms with Gasteiger partial charge in [-0.25, -0.2) is 8.42 Å². The molecule has 41 heavy (non-hydrogen) atoms. The quantitative estimate of drug-likeness (QED) is 0.283. The van der Waals surface area contributed by atoms with Crippen LogP contribution >= 0.6 is 0 Å². The van der Waals surface area contributed by atoms with Gasteiger partial charge in [0.05, 0.1) is 17.7 Å². The second-order valence-corrected chi connectivity index (χ2v) is 12.2. The van der Waals surface area contributed by atoms with E-state index in [4.69, 9.17) is 4.74 Å². The summed E-state index contributed by atoms with van der Waals surface area (Å²) in [7, 11) is -2.56. The Morgan fingerprint density at radius 3 is 2.20 bits per heavy atom. The van der Waals surface area contributed by atoms with Crippen LogP contribution in [0.25, 0.3) is 0 Å². The summed E-state index contributed by atoms with van der Waals surface area (Å²) < 4.78 is 34.5. The minimum absolute atomic E-state index is 0.0831. The van der Waals surface area contributed by atoms with Crippen LogP contribution < -0.4 is 14.4 Å². The Morgan fingerprint density at radius 1 is 0.927 bits per heavy atom. The van der Waals surface area contributed by atoms with Gasteiger partial charge in [-0.1, -0.05) is 49.2 Å². The first kappa shape index (κ1) is 31.7. The number of rotatable bonds is 13. The molecule has 0 radical (unpaired) electrons. The Morgan fingerprint density at radius 2 is 1.59 bits per heavy atom. The van der Waals surface area contributed by atoms with Crippen LogP contribution in [0.15, 0.2) is 71.6 Å². The fourth-order valence-electron chi connectivity index (χ4n) is 4.55. The van der Waals surface area contributed by atoms with Crippen molar-refractivity contribution in [2.45, 2.75) is 64.9 Å². The van der Waals surface area contributed by atoms with E-state index in [1.54, 1.807) is 62.6 Å². The van der Waals surface area contributed by atoms with Crippen LogP contribution in [0, 0.1) is 20.8 Å². The summed E-state index contributed by atoms with van der Waals surface area (Å²) in [4.78, 5) is 28.7. The lowest BCUT2D eigenvalue weighted by molar-refractivity contribution is -0.139. The lowest BCUT2D eigenvalue weighted by atomic mass is 10.1. The highest BCUT2D eigenvalue weighted by Crippen LogP contribution is 2.27. The summed E-state index contributed by atoms with van der Waals surface area (Å²) in [6.45, 7) is 9.46. The molecule has 0 aliphatic heterocycles. The minimum atomic E-state index is -4.11. The molecule has 0 aliphatic rings. The highest BCUT2D eigenvalue weighted by molar-refractivity contribution is 7.92. The summed E-state index contributed by atoms with van der Waals surface area (Å²) in [5.74, 6) is -0.177. The van der Waals surface area contributed by atoms with E-state index >= 15 is 0 Å². The van der Waals surface area contributed by atoms with Crippen molar-refractivity contribution in [1.82, 2.24) is 10.2 Å². The minimum Gasteiger partial charge on any atom is -0.497 e. The predicted molar refractivity (Wildman–Crippen MR) is 163 cm³/mol. The molecule has 1 atom stereocenters.